The molecule has 4 heteroatoms. The summed E-state index contributed by atoms with van der Waals surface area (Å²) in [5.74, 6) is 0.442. The molecule has 0 saturated carbocycles. The number of anilines is 1. The van der Waals surface area contributed by atoms with Crippen molar-refractivity contribution in [2.75, 3.05) is 5.73 Å². The minimum absolute atomic E-state index is 0.442. The molecular weight excluding hydrogens is 188 g/mol. The number of nitrogens with one attached hydrogen (secondary N) is 2. The number of hydrogen-bond acceptors (Lipinski definition) is 2. The van der Waals surface area contributed by atoms with Crippen LogP contribution in [-0.4, -0.2) is 15.0 Å². The molecule has 2 heterocycles. The molecule has 0 fully saturated rings. The Morgan fingerprint density at radius 3 is 2.93 bits per heavy atom. The Bertz CT molecular complexity index is 606. The first-order valence-electron chi connectivity index (χ1n) is 4.71. The van der Waals surface area contributed by atoms with E-state index in [1.165, 1.54) is 5.39 Å². The van der Waals surface area contributed by atoms with Gasteiger partial charge in [0.1, 0.15) is 0 Å². The first-order chi connectivity index (χ1) is 7.34. The van der Waals surface area contributed by atoms with Crippen molar-refractivity contribution in [1.29, 1.82) is 0 Å². The highest BCUT2D eigenvalue weighted by molar-refractivity contribution is 5.94. The third-order valence-corrected chi connectivity index (χ3v) is 2.48. The van der Waals surface area contributed by atoms with Gasteiger partial charge < -0.3 is 15.7 Å². The number of benzene rings is 1. The summed E-state index contributed by atoms with van der Waals surface area (Å²) in [4.78, 5) is 10.2. The predicted molar refractivity (Wildman–Crippen MR) is 60.3 cm³/mol. The van der Waals surface area contributed by atoms with Crippen molar-refractivity contribution in [3.63, 3.8) is 0 Å². The summed E-state index contributed by atoms with van der Waals surface area (Å²) >= 11 is 0. The van der Waals surface area contributed by atoms with Crippen LogP contribution in [0.5, 0.6) is 0 Å². The van der Waals surface area contributed by atoms with Crippen LogP contribution in [0.2, 0.25) is 0 Å². The quantitative estimate of drug-likeness (QED) is 0.560. The first kappa shape index (κ1) is 8.11. The molecule has 15 heavy (non-hydrogen) atoms. The van der Waals surface area contributed by atoms with Crippen LogP contribution >= 0.6 is 0 Å². The van der Waals surface area contributed by atoms with Crippen LogP contribution in [-0.2, 0) is 0 Å². The van der Waals surface area contributed by atoms with E-state index in [4.69, 9.17) is 5.73 Å². The summed E-state index contributed by atoms with van der Waals surface area (Å²) in [6, 6.07) is 8.13. The van der Waals surface area contributed by atoms with Gasteiger partial charge in [0.05, 0.1) is 11.9 Å². The van der Waals surface area contributed by atoms with E-state index < -0.39 is 0 Å². The topological polar surface area (TPSA) is 70.5 Å². The van der Waals surface area contributed by atoms with E-state index in [9.17, 15) is 0 Å². The number of nitrogens with two attached hydrogens (primary N) is 1. The molecule has 1 aromatic carbocycles. The monoisotopic (exact) mass is 198 g/mol. The maximum absolute atomic E-state index is 5.56. The van der Waals surface area contributed by atoms with Gasteiger partial charge >= 0.3 is 0 Å². The molecule has 3 rings (SSSR count). The molecule has 0 radical (unpaired) electrons. The molecule has 4 nitrogen and oxygen atoms in total. The third kappa shape index (κ3) is 1.19. The van der Waals surface area contributed by atoms with Crippen LogP contribution < -0.4 is 5.73 Å². The summed E-state index contributed by atoms with van der Waals surface area (Å²) in [6.45, 7) is 0. The summed E-state index contributed by atoms with van der Waals surface area (Å²) in [7, 11) is 0. The van der Waals surface area contributed by atoms with Crippen molar-refractivity contribution in [2.45, 2.75) is 0 Å². The molecule has 0 unspecified atom stereocenters. The maximum atomic E-state index is 5.56. The van der Waals surface area contributed by atoms with Crippen molar-refractivity contribution in [3.8, 4) is 11.3 Å². The predicted octanol–water partition coefficient (Wildman–Crippen LogP) is 2.14. The van der Waals surface area contributed by atoms with E-state index in [0.717, 1.165) is 16.8 Å². The van der Waals surface area contributed by atoms with Crippen molar-refractivity contribution in [3.05, 3.63) is 36.7 Å². The van der Waals surface area contributed by atoms with E-state index in [1.54, 1.807) is 6.20 Å². The minimum Gasteiger partial charge on any atom is -0.369 e. The Hall–Kier alpha value is -2.23. The summed E-state index contributed by atoms with van der Waals surface area (Å²) < 4.78 is 0. The SMILES string of the molecule is Nc1ncc(-c2cccc3[nH]ccc23)[nH]1. The Labute approximate surface area is 86.1 Å². The molecular formula is C11H10N4. The van der Waals surface area contributed by atoms with Gasteiger partial charge in [-0.1, -0.05) is 12.1 Å². The lowest BCUT2D eigenvalue weighted by molar-refractivity contribution is 1.33. The van der Waals surface area contributed by atoms with Crippen LogP contribution in [0.15, 0.2) is 36.7 Å². The second-order valence-corrected chi connectivity index (χ2v) is 3.43. The Kier molecular flexibility index (Phi) is 1.56. The average molecular weight is 198 g/mol. The van der Waals surface area contributed by atoms with E-state index in [1.807, 2.05) is 30.5 Å². The number of nitrogens with zero attached hydrogens (tertiary/aromatic N) is 1. The number of fused-ring (bicyclic) bond motifs is 1. The van der Waals surface area contributed by atoms with Crippen LogP contribution in [0.25, 0.3) is 22.2 Å². The Morgan fingerprint density at radius 1 is 1.20 bits per heavy atom. The fourth-order valence-electron chi connectivity index (χ4n) is 1.79. The number of aromatic amines is 2. The number of hydrogen-bond donors (Lipinski definition) is 3. The molecule has 74 valence electrons. The molecule has 0 spiro atoms. The number of nitrogen functional groups attached to an aromatic ring is 1. The van der Waals surface area contributed by atoms with Gasteiger partial charge in [-0.2, -0.15) is 0 Å². The lowest BCUT2D eigenvalue weighted by Gasteiger charge is -1.99. The van der Waals surface area contributed by atoms with Gasteiger partial charge in [-0.3, -0.25) is 0 Å². The molecule has 0 aliphatic carbocycles. The summed E-state index contributed by atoms with van der Waals surface area (Å²) in [5, 5.41) is 1.17. The van der Waals surface area contributed by atoms with E-state index in [-0.39, 0.29) is 0 Å². The van der Waals surface area contributed by atoms with Crippen LogP contribution in [0.3, 0.4) is 0 Å². The molecule has 0 aliphatic rings. The highest BCUT2D eigenvalue weighted by Crippen LogP contribution is 2.26. The molecule has 0 aliphatic heterocycles. The molecule has 0 saturated heterocycles. The van der Waals surface area contributed by atoms with Crippen molar-refractivity contribution >= 4 is 16.9 Å². The fraction of sp³-hybridized carbons (Fsp3) is 0. The van der Waals surface area contributed by atoms with E-state index >= 15 is 0 Å². The molecule has 3 aromatic rings. The normalized spacial score (nSPS) is 10.9. The molecule has 0 atom stereocenters. The van der Waals surface area contributed by atoms with Crippen molar-refractivity contribution in [1.82, 2.24) is 15.0 Å². The zero-order chi connectivity index (χ0) is 10.3. The van der Waals surface area contributed by atoms with E-state index in [2.05, 4.69) is 15.0 Å². The van der Waals surface area contributed by atoms with Gasteiger partial charge in [0.25, 0.3) is 0 Å². The Morgan fingerprint density at radius 2 is 2.13 bits per heavy atom. The summed E-state index contributed by atoms with van der Waals surface area (Å²) in [6.07, 6.45) is 3.67. The van der Waals surface area contributed by atoms with Crippen molar-refractivity contribution in [2.24, 2.45) is 0 Å². The standard InChI is InChI=1S/C11H10N4/c12-11-14-6-10(15-11)7-2-1-3-9-8(7)4-5-13-9/h1-6,13H,(H3,12,14,15). The van der Waals surface area contributed by atoms with E-state index in [0.29, 0.717) is 5.95 Å². The van der Waals surface area contributed by atoms with Crippen molar-refractivity contribution < 1.29 is 0 Å². The zero-order valence-electron chi connectivity index (χ0n) is 7.99. The number of aromatic nitrogens is 3. The fourth-order valence-corrected chi connectivity index (χ4v) is 1.79. The van der Waals surface area contributed by atoms with Crippen LogP contribution in [0.1, 0.15) is 0 Å². The first-order valence-corrected chi connectivity index (χ1v) is 4.71. The summed E-state index contributed by atoms with van der Waals surface area (Å²) in [5.41, 5.74) is 8.72. The number of rotatable bonds is 1. The zero-order valence-corrected chi connectivity index (χ0v) is 7.99. The van der Waals surface area contributed by atoms with Gasteiger partial charge in [0.2, 0.25) is 0 Å². The third-order valence-electron chi connectivity index (χ3n) is 2.48. The van der Waals surface area contributed by atoms with Gasteiger partial charge in [-0.25, -0.2) is 4.98 Å². The molecule has 2 aromatic heterocycles. The lowest BCUT2D eigenvalue weighted by atomic mass is 10.1. The van der Waals surface area contributed by atoms with Gasteiger partial charge in [-0.15, -0.1) is 0 Å². The number of imidazole rings is 1. The van der Waals surface area contributed by atoms with Gasteiger partial charge in [0.15, 0.2) is 5.95 Å². The lowest BCUT2D eigenvalue weighted by Crippen LogP contribution is -1.85. The highest BCUT2D eigenvalue weighted by Gasteiger charge is 2.05. The second kappa shape index (κ2) is 2.88. The highest BCUT2D eigenvalue weighted by atomic mass is 15.0. The molecule has 0 amide bonds. The maximum Gasteiger partial charge on any atom is 0.197 e. The van der Waals surface area contributed by atoms with Gasteiger partial charge in [0, 0.05) is 22.7 Å². The smallest absolute Gasteiger partial charge is 0.197 e. The number of H-pyrrole nitrogens is 2. The largest absolute Gasteiger partial charge is 0.369 e. The molecule has 4 N–H and O–H groups in total. The van der Waals surface area contributed by atoms with Crippen LogP contribution in [0, 0.1) is 0 Å². The molecule has 0 bridgehead atoms. The Balaban J connectivity index is 2.30. The van der Waals surface area contributed by atoms with Gasteiger partial charge in [-0.05, 0) is 12.1 Å². The minimum atomic E-state index is 0.442. The van der Waals surface area contributed by atoms with Crippen LogP contribution in [0.4, 0.5) is 5.95 Å². The average Bonchev–Trinajstić information content (AvgIpc) is 2.84. The second-order valence-electron chi connectivity index (χ2n) is 3.43.